The maximum absolute atomic E-state index is 10.9. The number of amides is 1. The van der Waals surface area contributed by atoms with Gasteiger partial charge in [-0.05, 0) is 30.7 Å². The fraction of sp³-hybridized carbons (Fsp3) is 0.500. The number of benzene rings is 1. The molecule has 0 fully saturated rings. The lowest BCUT2D eigenvalue weighted by molar-refractivity contribution is -0.137. The highest BCUT2D eigenvalue weighted by atomic mass is 16.4. The van der Waals surface area contributed by atoms with Crippen molar-refractivity contribution >= 4 is 17.6 Å². The topological polar surface area (TPSA) is 89.9 Å². The molecule has 0 aliphatic rings. The van der Waals surface area contributed by atoms with Crippen LogP contribution in [0.25, 0.3) is 0 Å². The highest BCUT2D eigenvalue weighted by Gasteiger charge is 2.11. The van der Waals surface area contributed by atoms with Gasteiger partial charge < -0.3 is 20.4 Å². The van der Waals surface area contributed by atoms with Gasteiger partial charge in [0.2, 0.25) is 5.91 Å². The third-order valence-electron chi connectivity index (χ3n) is 3.42. The minimum atomic E-state index is -0.812. The fourth-order valence-electron chi connectivity index (χ4n) is 2.15. The maximum atomic E-state index is 10.9. The summed E-state index contributed by atoms with van der Waals surface area (Å²) in [6, 6.07) is 7.07. The first-order chi connectivity index (χ1) is 10.4. The molecule has 22 heavy (non-hydrogen) atoms. The molecule has 1 aromatic carbocycles. The highest BCUT2D eigenvalue weighted by Crippen LogP contribution is 2.19. The standard InChI is InChI=1S/C16H24N2O4/c1-3-18(11-9-16(21)22)10-8-15(20)13-4-6-14(7-5-13)17-12(2)19/h4-7,15,20H,3,8-11H2,1-2H3,(H,17,19)(H,21,22). The molecule has 0 heterocycles. The Labute approximate surface area is 130 Å². The van der Waals surface area contributed by atoms with E-state index in [4.69, 9.17) is 5.11 Å². The molecule has 0 spiro atoms. The molecule has 1 unspecified atom stereocenters. The minimum Gasteiger partial charge on any atom is -0.481 e. The van der Waals surface area contributed by atoms with Gasteiger partial charge in [-0.1, -0.05) is 19.1 Å². The minimum absolute atomic E-state index is 0.106. The summed E-state index contributed by atoms with van der Waals surface area (Å²) < 4.78 is 0. The van der Waals surface area contributed by atoms with E-state index in [9.17, 15) is 14.7 Å². The molecule has 1 atom stereocenters. The van der Waals surface area contributed by atoms with Crippen LogP contribution in [0.1, 0.15) is 38.4 Å². The molecule has 3 N–H and O–H groups in total. The summed E-state index contributed by atoms with van der Waals surface area (Å²) in [6.07, 6.45) is 0.0349. The van der Waals surface area contributed by atoms with Gasteiger partial charge in [-0.15, -0.1) is 0 Å². The van der Waals surface area contributed by atoms with E-state index in [1.807, 2.05) is 11.8 Å². The molecule has 0 aliphatic carbocycles. The molecule has 1 aromatic rings. The number of nitrogens with zero attached hydrogens (tertiary/aromatic N) is 1. The second-order valence-electron chi connectivity index (χ2n) is 5.19. The van der Waals surface area contributed by atoms with Gasteiger partial charge >= 0.3 is 5.97 Å². The molecule has 0 bridgehead atoms. The van der Waals surface area contributed by atoms with Crippen LogP contribution >= 0.6 is 0 Å². The largest absolute Gasteiger partial charge is 0.481 e. The van der Waals surface area contributed by atoms with Gasteiger partial charge in [0, 0.05) is 25.7 Å². The molecule has 0 saturated heterocycles. The van der Waals surface area contributed by atoms with E-state index >= 15 is 0 Å². The van der Waals surface area contributed by atoms with Crippen molar-refractivity contribution in [3.05, 3.63) is 29.8 Å². The first kappa shape index (κ1) is 18.1. The number of anilines is 1. The number of aliphatic hydroxyl groups is 1. The quantitative estimate of drug-likeness (QED) is 0.648. The van der Waals surface area contributed by atoms with Crippen molar-refractivity contribution < 1.29 is 19.8 Å². The van der Waals surface area contributed by atoms with Crippen LogP contribution < -0.4 is 5.32 Å². The Balaban J connectivity index is 2.48. The van der Waals surface area contributed by atoms with Gasteiger partial charge in [-0.3, -0.25) is 9.59 Å². The number of carboxylic acid groups (broad SMARTS) is 1. The Bertz CT molecular complexity index is 487. The first-order valence-corrected chi connectivity index (χ1v) is 7.42. The number of nitrogens with one attached hydrogen (secondary N) is 1. The monoisotopic (exact) mass is 308 g/mol. The van der Waals surface area contributed by atoms with Crippen LogP contribution in [-0.2, 0) is 9.59 Å². The lowest BCUT2D eigenvalue weighted by atomic mass is 10.1. The van der Waals surface area contributed by atoms with Crippen molar-refractivity contribution in [2.75, 3.05) is 25.0 Å². The van der Waals surface area contributed by atoms with Crippen molar-refractivity contribution in [3.8, 4) is 0 Å². The summed E-state index contributed by atoms with van der Waals surface area (Å²) in [5.41, 5.74) is 1.48. The second kappa shape index (κ2) is 9.17. The van der Waals surface area contributed by atoms with Crippen molar-refractivity contribution in [2.45, 2.75) is 32.8 Å². The van der Waals surface area contributed by atoms with Crippen LogP contribution in [0, 0.1) is 0 Å². The van der Waals surface area contributed by atoms with E-state index in [0.717, 1.165) is 12.1 Å². The lowest BCUT2D eigenvalue weighted by Crippen LogP contribution is -2.28. The van der Waals surface area contributed by atoms with Crippen molar-refractivity contribution in [1.82, 2.24) is 4.90 Å². The van der Waals surface area contributed by atoms with Gasteiger partial charge in [-0.25, -0.2) is 0 Å². The number of rotatable bonds is 9. The number of carbonyl (C=O) groups excluding carboxylic acids is 1. The molecule has 122 valence electrons. The number of hydrogen-bond donors (Lipinski definition) is 3. The average Bonchev–Trinajstić information content (AvgIpc) is 2.47. The van der Waals surface area contributed by atoms with E-state index < -0.39 is 12.1 Å². The molecule has 1 rings (SSSR count). The summed E-state index contributed by atoms with van der Waals surface area (Å²) >= 11 is 0. The number of aliphatic hydroxyl groups excluding tert-OH is 1. The first-order valence-electron chi connectivity index (χ1n) is 7.42. The maximum Gasteiger partial charge on any atom is 0.304 e. The average molecular weight is 308 g/mol. The smallest absolute Gasteiger partial charge is 0.304 e. The van der Waals surface area contributed by atoms with Crippen LogP contribution in [-0.4, -0.2) is 46.6 Å². The van der Waals surface area contributed by atoms with Crippen molar-refractivity contribution in [1.29, 1.82) is 0 Å². The van der Waals surface area contributed by atoms with Gasteiger partial charge in [0.1, 0.15) is 0 Å². The lowest BCUT2D eigenvalue weighted by Gasteiger charge is -2.21. The summed E-state index contributed by atoms with van der Waals surface area (Å²) in [6.45, 7) is 5.29. The van der Waals surface area contributed by atoms with E-state index in [1.165, 1.54) is 6.92 Å². The fourth-order valence-corrected chi connectivity index (χ4v) is 2.15. The predicted octanol–water partition coefficient (Wildman–Crippen LogP) is 1.87. The third-order valence-corrected chi connectivity index (χ3v) is 3.42. The van der Waals surface area contributed by atoms with Crippen LogP contribution in [0.5, 0.6) is 0 Å². The Morgan fingerprint density at radius 2 is 1.86 bits per heavy atom. The Morgan fingerprint density at radius 3 is 2.36 bits per heavy atom. The summed E-state index contributed by atoms with van der Waals surface area (Å²) in [7, 11) is 0. The zero-order chi connectivity index (χ0) is 16.5. The second-order valence-corrected chi connectivity index (χ2v) is 5.19. The molecule has 6 nitrogen and oxygen atoms in total. The summed E-state index contributed by atoms with van der Waals surface area (Å²) in [5.74, 6) is -0.946. The summed E-state index contributed by atoms with van der Waals surface area (Å²) in [4.78, 5) is 23.5. The van der Waals surface area contributed by atoms with Crippen LogP contribution in [0.4, 0.5) is 5.69 Å². The predicted molar refractivity (Wildman–Crippen MR) is 84.7 cm³/mol. The molecule has 0 radical (unpaired) electrons. The molecule has 6 heteroatoms. The van der Waals surface area contributed by atoms with E-state index in [0.29, 0.717) is 25.2 Å². The normalized spacial score (nSPS) is 12.2. The molecular weight excluding hydrogens is 284 g/mol. The van der Waals surface area contributed by atoms with E-state index in [-0.39, 0.29) is 12.3 Å². The van der Waals surface area contributed by atoms with Crippen molar-refractivity contribution in [2.24, 2.45) is 0 Å². The van der Waals surface area contributed by atoms with Gasteiger partial charge in [-0.2, -0.15) is 0 Å². The number of carboxylic acids is 1. The molecule has 0 aliphatic heterocycles. The number of aliphatic carboxylic acids is 1. The summed E-state index contributed by atoms with van der Waals surface area (Å²) in [5, 5.41) is 21.6. The van der Waals surface area contributed by atoms with Crippen molar-refractivity contribution in [3.63, 3.8) is 0 Å². The van der Waals surface area contributed by atoms with Crippen LogP contribution in [0.2, 0.25) is 0 Å². The highest BCUT2D eigenvalue weighted by molar-refractivity contribution is 5.88. The molecule has 0 aromatic heterocycles. The van der Waals surface area contributed by atoms with Crippen LogP contribution in [0.3, 0.4) is 0 Å². The zero-order valence-corrected chi connectivity index (χ0v) is 13.1. The number of hydrogen-bond acceptors (Lipinski definition) is 4. The van der Waals surface area contributed by atoms with Gasteiger partial charge in [0.15, 0.2) is 0 Å². The molecule has 0 saturated carbocycles. The Hall–Kier alpha value is -1.92. The van der Waals surface area contributed by atoms with E-state index in [1.54, 1.807) is 24.3 Å². The molecule has 1 amide bonds. The van der Waals surface area contributed by atoms with Crippen LogP contribution in [0.15, 0.2) is 24.3 Å². The van der Waals surface area contributed by atoms with Gasteiger partial charge in [0.25, 0.3) is 0 Å². The Kier molecular flexibility index (Phi) is 7.56. The van der Waals surface area contributed by atoms with Gasteiger partial charge in [0.05, 0.1) is 12.5 Å². The Morgan fingerprint density at radius 1 is 1.23 bits per heavy atom. The van der Waals surface area contributed by atoms with E-state index in [2.05, 4.69) is 5.32 Å². The molecular formula is C16H24N2O4. The number of carbonyl (C=O) groups is 2. The third kappa shape index (κ3) is 6.69. The zero-order valence-electron chi connectivity index (χ0n) is 13.1. The SMILES string of the molecule is CCN(CCC(=O)O)CCC(O)c1ccc(NC(C)=O)cc1.